The van der Waals surface area contributed by atoms with E-state index in [0.29, 0.717) is 16.8 Å². The van der Waals surface area contributed by atoms with Crippen LogP contribution >= 0.6 is 0 Å². The van der Waals surface area contributed by atoms with Gasteiger partial charge in [0.2, 0.25) is 0 Å². The highest BCUT2D eigenvalue weighted by Gasteiger charge is 2.28. The summed E-state index contributed by atoms with van der Waals surface area (Å²) in [5.74, 6) is 0.202. The maximum Gasteiger partial charge on any atom is 0.255 e. The SMILES string of the molecule is COc1ccc2c(c1)/C(=C/C(=O)c1cccc(C(=O)Nc3cccc(O)c3)c1)NC(C)(C)C2. The molecule has 6 nitrogen and oxygen atoms in total. The van der Waals surface area contributed by atoms with Crippen molar-refractivity contribution in [3.63, 3.8) is 0 Å². The van der Waals surface area contributed by atoms with Gasteiger partial charge in [0.05, 0.1) is 7.11 Å². The van der Waals surface area contributed by atoms with Gasteiger partial charge in [-0.15, -0.1) is 0 Å². The molecule has 6 heteroatoms. The van der Waals surface area contributed by atoms with E-state index in [1.807, 2.05) is 18.2 Å². The lowest BCUT2D eigenvalue weighted by atomic mass is 9.85. The molecule has 168 valence electrons. The summed E-state index contributed by atoms with van der Waals surface area (Å²) in [6.45, 7) is 4.18. The van der Waals surface area contributed by atoms with Crippen molar-refractivity contribution in [2.75, 3.05) is 12.4 Å². The molecule has 0 aromatic heterocycles. The van der Waals surface area contributed by atoms with Crippen LogP contribution in [0.1, 0.15) is 45.7 Å². The van der Waals surface area contributed by atoms with Crippen molar-refractivity contribution in [1.82, 2.24) is 5.32 Å². The topological polar surface area (TPSA) is 87.7 Å². The molecule has 3 aromatic carbocycles. The first kappa shape index (κ1) is 22.1. The number of allylic oxidation sites excluding steroid dienone is 1. The number of rotatable bonds is 5. The van der Waals surface area contributed by atoms with Gasteiger partial charge < -0.3 is 20.5 Å². The Morgan fingerprint density at radius 1 is 1.03 bits per heavy atom. The molecule has 0 aliphatic carbocycles. The summed E-state index contributed by atoms with van der Waals surface area (Å²) in [6.07, 6.45) is 2.40. The van der Waals surface area contributed by atoms with Gasteiger partial charge in [0.25, 0.3) is 5.91 Å². The fourth-order valence-corrected chi connectivity index (χ4v) is 3.97. The Hall–Kier alpha value is -4.06. The number of benzene rings is 3. The number of hydrogen-bond donors (Lipinski definition) is 3. The van der Waals surface area contributed by atoms with Crippen molar-refractivity contribution in [2.45, 2.75) is 25.8 Å². The molecule has 0 unspecified atom stereocenters. The second-order valence-electron chi connectivity index (χ2n) is 8.72. The second-order valence-corrected chi connectivity index (χ2v) is 8.72. The number of phenolic OH excluding ortho intramolecular Hbond substituents is 1. The average molecular weight is 443 g/mol. The fraction of sp³-hybridized carbons (Fsp3) is 0.185. The van der Waals surface area contributed by atoms with Gasteiger partial charge in [-0.25, -0.2) is 0 Å². The molecule has 33 heavy (non-hydrogen) atoms. The molecule has 0 atom stereocenters. The van der Waals surface area contributed by atoms with Gasteiger partial charge in [-0.3, -0.25) is 9.59 Å². The molecular weight excluding hydrogens is 416 g/mol. The zero-order valence-corrected chi connectivity index (χ0v) is 18.8. The largest absolute Gasteiger partial charge is 0.508 e. The Bertz CT molecular complexity index is 1260. The Morgan fingerprint density at radius 3 is 2.55 bits per heavy atom. The molecule has 1 heterocycles. The molecule has 1 amide bonds. The van der Waals surface area contributed by atoms with Gasteiger partial charge in [0.15, 0.2) is 5.78 Å². The van der Waals surface area contributed by atoms with Crippen LogP contribution in [-0.4, -0.2) is 29.4 Å². The Kier molecular flexibility index (Phi) is 5.92. The minimum Gasteiger partial charge on any atom is -0.508 e. The number of nitrogens with one attached hydrogen (secondary N) is 2. The average Bonchev–Trinajstić information content (AvgIpc) is 2.78. The van der Waals surface area contributed by atoms with Crippen LogP contribution in [-0.2, 0) is 6.42 Å². The quantitative estimate of drug-likeness (QED) is 0.390. The molecule has 0 spiro atoms. The summed E-state index contributed by atoms with van der Waals surface area (Å²) in [5.41, 5.74) is 3.80. The minimum atomic E-state index is -0.366. The van der Waals surface area contributed by atoms with Crippen LogP contribution in [0.5, 0.6) is 11.5 Å². The van der Waals surface area contributed by atoms with Gasteiger partial charge >= 0.3 is 0 Å². The lowest BCUT2D eigenvalue weighted by Crippen LogP contribution is -2.43. The Balaban J connectivity index is 1.62. The van der Waals surface area contributed by atoms with Crippen LogP contribution in [0.3, 0.4) is 0 Å². The van der Waals surface area contributed by atoms with Crippen molar-refractivity contribution >= 4 is 23.1 Å². The maximum absolute atomic E-state index is 13.2. The van der Waals surface area contributed by atoms with Crippen LogP contribution in [0.2, 0.25) is 0 Å². The van der Waals surface area contributed by atoms with E-state index in [1.54, 1.807) is 49.6 Å². The number of carbonyl (C=O) groups excluding carboxylic acids is 2. The molecule has 0 saturated carbocycles. The van der Waals surface area contributed by atoms with E-state index < -0.39 is 0 Å². The Morgan fingerprint density at radius 2 is 1.79 bits per heavy atom. The fourth-order valence-electron chi connectivity index (χ4n) is 3.97. The van der Waals surface area contributed by atoms with Gasteiger partial charge in [-0.05, 0) is 62.2 Å². The third-order valence-electron chi connectivity index (χ3n) is 5.50. The molecule has 3 aromatic rings. The monoisotopic (exact) mass is 442 g/mol. The number of ether oxygens (including phenoxy) is 1. The first-order chi connectivity index (χ1) is 15.7. The van der Waals surface area contributed by atoms with Crippen molar-refractivity contribution in [1.29, 1.82) is 0 Å². The molecule has 1 aliphatic heterocycles. The third kappa shape index (κ3) is 5.06. The number of methoxy groups -OCH3 is 1. The van der Waals surface area contributed by atoms with Crippen molar-refractivity contribution < 1.29 is 19.4 Å². The summed E-state index contributed by atoms with van der Waals surface area (Å²) < 4.78 is 5.37. The van der Waals surface area contributed by atoms with Gasteiger partial charge in [-0.1, -0.05) is 24.3 Å². The first-order valence-corrected chi connectivity index (χ1v) is 10.7. The number of fused-ring (bicyclic) bond motifs is 1. The van der Waals surface area contributed by atoms with Crippen molar-refractivity contribution in [2.24, 2.45) is 0 Å². The number of ketones is 1. The second kappa shape index (κ2) is 8.82. The van der Waals surface area contributed by atoms with E-state index in [4.69, 9.17) is 4.74 Å². The lowest BCUT2D eigenvalue weighted by Gasteiger charge is -2.35. The molecule has 3 N–H and O–H groups in total. The van der Waals surface area contributed by atoms with Crippen LogP contribution < -0.4 is 15.4 Å². The number of aromatic hydroxyl groups is 1. The molecule has 0 saturated heterocycles. The molecular formula is C27H26N2O4. The number of amides is 1. The standard InChI is InChI=1S/C27H26N2O4/c1-27(2)16-19-10-11-22(33-3)14-23(19)24(29-27)15-25(31)17-6-4-7-18(12-17)26(32)28-20-8-5-9-21(30)13-20/h4-15,29-30H,16H2,1-3H3,(H,28,32)/b24-15-. The van der Waals surface area contributed by atoms with Crippen molar-refractivity contribution in [3.05, 3.63) is 95.1 Å². The van der Waals surface area contributed by atoms with Crippen LogP contribution in [0.4, 0.5) is 5.69 Å². The van der Waals surface area contributed by atoms with E-state index in [1.165, 1.54) is 12.1 Å². The lowest BCUT2D eigenvalue weighted by molar-refractivity contribution is 0.102. The maximum atomic E-state index is 13.2. The van der Waals surface area contributed by atoms with E-state index >= 15 is 0 Å². The summed E-state index contributed by atoms with van der Waals surface area (Å²) in [7, 11) is 1.61. The van der Waals surface area contributed by atoms with E-state index in [0.717, 1.165) is 29.0 Å². The van der Waals surface area contributed by atoms with E-state index in [9.17, 15) is 14.7 Å². The zero-order valence-electron chi connectivity index (χ0n) is 18.8. The summed E-state index contributed by atoms with van der Waals surface area (Å²) >= 11 is 0. The number of phenols is 1. The molecule has 4 rings (SSSR count). The molecule has 0 bridgehead atoms. The summed E-state index contributed by atoms with van der Waals surface area (Å²) in [6, 6.07) is 18.8. The molecule has 0 fully saturated rings. The minimum absolute atomic E-state index is 0.0585. The van der Waals surface area contributed by atoms with Crippen molar-refractivity contribution in [3.8, 4) is 11.5 Å². The van der Waals surface area contributed by atoms with Gasteiger partial charge in [0.1, 0.15) is 11.5 Å². The third-order valence-corrected chi connectivity index (χ3v) is 5.50. The van der Waals surface area contributed by atoms with Crippen LogP contribution in [0.15, 0.2) is 72.8 Å². The predicted octanol–water partition coefficient (Wildman–Crippen LogP) is 4.80. The highest BCUT2D eigenvalue weighted by Crippen LogP contribution is 2.32. The highest BCUT2D eigenvalue weighted by molar-refractivity contribution is 6.11. The van der Waals surface area contributed by atoms with Gasteiger partial charge in [0, 0.05) is 45.8 Å². The first-order valence-electron chi connectivity index (χ1n) is 10.7. The van der Waals surface area contributed by atoms with E-state index in [-0.39, 0.29) is 23.0 Å². The van der Waals surface area contributed by atoms with Crippen LogP contribution in [0, 0.1) is 0 Å². The zero-order chi connectivity index (χ0) is 23.6. The Labute approximate surface area is 192 Å². The number of carbonyl (C=O) groups is 2. The summed E-state index contributed by atoms with van der Waals surface area (Å²) in [5, 5.41) is 15.8. The summed E-state index contributed by atoms with van der Waals surface area (Å²) in [4.78, 5) is 25.8. The highest BCUT2D eigenvalue weighted by atomic mass is 16.5. The van der Waals surface area contributed by atoms with E-state index in [2.05, 4.69) is 24.5 Å². The van der Waals surface area contributed by atoms with Gasteiger partial charge in [-0.2, -0.15) is 0 Å². The number of anilines is 1. The predicted molar refractivity (Wildman–Crippen MR) is 129 cm³/mol. The molecule has 1 aliphatic rings. The molecule has 0 radical (unpaired) electrons. The normalized spacial score (nSPS) is 15.3. The smallest absolute Gasteiger partial charge is 0.255 e. The number of hydrogen-bond acceptors (Lipinski definition) is 5. The van der Waals surface area contributed by atoms with Crippen LogP contribution in [0.25, 0.3) is 5.70 Å².